The van der Waals surface area contributed by atoms with E-state index in [0.717, 1.165) is 29.3 Å². The number of hydrogen-bond acceptors (Lipinski definition) is 3. The van der Waals surface area contributed by atoms with Crippen LogP contribution in [0.25, 0.3) is 10.9 Å². The van der Waals surface area contributed by atoms with Crippen LogP contribution < -0.4 is 16.4 Å². The summed E-state index contributed by atoms with van der Waals surface area (Å²) in [6.07, 6.45) is 4.08. The summed E-state index contributed by atoms with van der Waals surface area (Å²) < 4.78 is 0. The lowest BCUT2D eigenvalue weighted by molar-refractivity contribution is -0.137. The van der Waals surface area contributed by atoms with Gasteiger partial charge in [-0.3, -0.25) is 9.59 Å². The van der Waals surface area contributed by atoms with Crippen LogP contribution in [0, 0.1) is 0 Å². The topological polar surface area (TPSA) is 100 Å². The Morgan fingerprint density at radius 1 is 1.05 bits per heavy atom. The number of unbranched alkanes of at least 4 members (excludes halogenated alkanes) is 1. The van der Waals surface area contributed by atoms with E-state index in [-0.39, 0.29) is 11.8 Å². The number of aromatic nitrogens is 1. The van der Waals surface area contributed by atoms with Crippen LogP contribution in [0.15, 0.2) is 30.5 Å². The van der Waals surface area contributed by atoms with Crippen molar-refractivity contribution in [1.29, 1.82) is 0 Å². The molecule has 5 N–H and O–H groups in total. The molecular formula is C16H20N4O2. The molecule has 116 valence electrons. The van der Waals surface area contributed by atoms with Crippen LogP contribution in [0.3, 0.4) is 0 Å². The second-order valence-electron chi connectivity index (χ2n) is 5.58. The van der Waals surface area contributed by atoms with Crippen molar-refractivity contribution in [2.45, 2.75) is 31.3 Å². The average molecular weight is 300 g/mol. The van der Waals surface area contributed by atoms with Gasteiger partial charge in [0, 0.05) is 22.7 Å². The summed E-state index contributed by atoms with van der Waals surface area (Å²) in [4.78, 5) is 27.7. The molecule has 1 aromatic heterocycles. The number of para-hydroxylation sites is 1. The fourth-order valence-corrected chi connectivity index (χ4v) is 2.88. The molecule has 2 heterocycles. The fourth-order valence-electron chi connectivity index (χ4n) is 2.88. The first-order valence-corrected chi connectivity index (χ1v) is 7.57. The molecule has 3 rings (SSSR count). The standard InChI is InChI=1S/C16H20N4O2/c17-8-4-3-7-13-15(21)20-14(16(22)19-13)11-9-18-12-6-2-1-5-10(11)12/h1-2,5-6,9,13-14,18H,3-4,7-8,17H2,(H,19,22)(H,20,21)/t13-,14+/m0/s1. The molecular weight excluding hydrogens is 280 g/mol. The number of fused-ring (bicyclic) bond motifs is 1. The predicted molar refractivity (Wildman–Crippen MR) is 84.0 cm³/mol. The number of carbonyl (C=O) groups excluding carboxylic acids is 2. The summed E-state index contributed by atoms with van der Waals surface area (Å²) in [6.45, 7) is 0.597. The van der Waals surface area contributed by atoms with Gasteiger partial charge in [-0.05, 0) is 31.9 Å². The highest BCUT2D eigenvalue weighted by Gasteiger charge is 2.35. The van der Waals surface area contributed by atoms with Crippen LogP contribution in [0.1, 0.15) is 30.9 Å². The monoisotopic (exact) mass is 300 g/mol. The van der Waals surface area contributed by atoms with Gasteiger partial charge in [0.25, 0.3) is 0 Å². The van der Waals surface area contributed by atoms with Crippen LogP contribution in [-0.4, -0.2) is 29.4 Å². The Bertz CT molecular complexity index is 694. The number of amides is 2. The first-order chi connectivity index (χ1) is 10.7. The first-order valence-electron chi connectivity index (χ1n) is 7.57. The Kier molecular flexibility index (Phi) is 4.11. The third-order valence-corrected chi connectivity index (χ3v) is 4.06. The molecule has 1 aliphatic heterocycles. The van der Waals surface area contributed by atoms with Gasteiger partial charge >= 0.3 is 0 Å². The zero-order valence-electron chi connectivity index (χ0n) is 12.3. The van der Waals surface area contributed by atoms with Gasteiger partial charge in [-0.15, -0.1) is 0 Å². The van der Waals surface area contributed by atoms with Gasteiger partial charge in [0.1, 0.15) is 12.1 Å². The van der Waals surface area contributed by atoms with E-state index in [1.54, 1.807) is 6.20 Å². The third-order valence-electron chi connectivity index (χ3n) is 4.06. The zero-order valence-corrected chi connectivity index (χ0v) is 12.3. The number of hydrogen-bond donors (Lipinski definition) is 4. The number of H-pyrrole nitrogens is 1. The molecule has 1 aliphatic rings. The van der Waals surface area contributed by atoms with Gasteiger partial charge in [-0.25, -0.2) is 0 Å². The molecule has 2 atom stereocenters. The Morgan fingerprint density at radius 2 is 1.86 bits per heavy atom. The van der Waals surface area contributed by atoms with Crippen molar-refractivity contribution in [1.82, 2.24) is 15.6 Å². The van der Waals surface area contributed by atoms with Crippen LogP contribution in [-0.2, 0) is 9.59 Å². The van der Waals surface area contributed by atoms with E-state index in [0.29, 0.717) is 13.0 Å². The van der Waals surface area contributed by atoms with Gasteiger partial charge in [-0.2, -0.15) is 0 Å². The first kappa shape index (κ1) is 14.6. The average Bonchev–Trinajstić information content (AvgIpc) is 2.94. The summed E-state index contributed by atoms with van der Waals surface area (Å²) >= 11 is 0. The summed E-state index contributed by atoms with van der Waals surface area (Å²) in [6, 6.07) is 6.62. The molecule has 6 nitrogen and oxygen atoms in total. The van der Waals surface area contributed by atoms with E-state index < -0.39 is 12.1 Å². The van der Waals surface area contributed by atoms with Crippen molar-refractivity contribution in [3.63, 3.8) is 0 Å². The fraction of sp³-hybridized carbons (Fsp3) is 0.375. The molecule has 0 aliphatic carbocycles. The van der Waals surface area contributed by atoms with E-state index in [1.807, 2.05) is 24.3 Å². The highest BCUT2D eigenvalue weighted by molar-refractivity contribution is 6.00. The minimum Gasteiger partial charge on any atom is -0.361 e. The molecule has 0 bridgehead atoms. The summed E-state index contributed by atoms with van der Waals surface area (Å²) in [5.74, 6) is -0.297. The Balaban J connectivity index is 1.77. The molecule has 0 saturated carbocycles. The number of nitrogens with one attached hydrogen (secondary N) is 3. The lowest BCUT2D eigenvalue weighted by Gasteiger charge is -2.29. The quantitative estimate of drug-likeness (QED) is 0.619. The number of benzene rings is 1. The number of piperazine rings is 1. The number of carbonyl (C=O) groups is 2. The van der Waals surface area contributed by atoms with Gasteiger partial charge in [0.05, 0.1) is 0 Å². The van der Waals surface area contributed by atoms with Crippen molar-refractivity contribution >= 4 is 22.7 Å². The van der Waals surface area contributed by atoms with Crippen molar-refractivity contribution < 1.29 is 9.59 Å². The molecule has 2 amide bonds. The highest BCUT2D eigenvalue weighted by Crippen LogP contribution is 2.26. The summed E-state index contributed by atoms with van der Waals surface area (Å²) in [5, 5.41) is 6.61. The van der Waals surface area contributed by atoms with E-state index in [2.05, 4.69) is 15.6 Å². The molecule has 2 aromatic rings. The second-order valence-corrected chi connectivity index (χ2v) is 5.58. The van der Waals surface area contributed by atoms with Crippen LogP contribution in [0.4, 0.5) is 0 Å². The molecule has 0 unspecified atom stereocenters. The van der Waals surface area contributed by atoms with Gasteiger partial charge in [-0.1, -0.05) is 18.2 Å². The van der Waals surface area contributed by atoms with E-state index in [1.165, 1.54) is 0 Å². The van der Waals surface area contributed by atoms with Crippen LogP contribution >= 0.6 is 0 Å². The van der Waals surface area contributed by atoms with Gasteiger partial charge in [0.15, 0.2) is 0 Å². The minimum absolute atomic E-state index is 0.132. The molecule has 6 heteroatoms. The Hall–Kier alpha value is -2.34. The smallest absolute Gasteiger partial charge is 0.247 e. The minimum atomic E-state index is -0.644. The molecule has 22 heavy (non-hydrogen) atoms. The van der Waals surface area contributed by atoms with E-state index in [4.69, 9.17) is 5.73 Å². The van der Waals surface area contributed by atoms with Crippen molar-refractivity contribution in [2.75, 3.05) is 6.54 Å². The lowest BCUT2D eigenvalue weighted by atomic mass is 9.99. The number of aromatic amines is 1. The number of rotatable bonds is 5. The Morgan fingerprint density at radius 3 is 2.68 bits per heavy atom. The largest absolute Gasteiger partial charge is 0.361 e. The van der Waals surface area contributed by atoms with E-state index >= 15 is 0 Å². The molecule has 1 fully saturated rings. The van der Waals surface area contributed by atoms with Crippen molar-refractivity contribution in [2.24, 2.45) is 5.73 Å². The highest BCUT2D eigenvalue weighted by atomic mass is 16.2. The van der Waals surface area contributed by atoms with Gasteiger partial charge in [0.2, 0.25) is 11.8 Å². The normalized spacial score (nSPS) is 21.7. The molecule has 0 radical (unpaired) electrons. The van der Waals surface area contributed by atoms with Crippen molar-refractivity contribution in [3.05, 3.63) is 36.0 Å². The van der Waals surface area contributed by atoms with Crippen LogP contribution in [0.2, 0.25) is 0 Å². The maximum atomic E-state index is 12.4. The molecule has 1 saturated heterocycles. The molecule has 1 aromatic carbocycles. The second kappa shape index (κ2) is 6.19. The van der Waals surface area contributed by atoms with Gasteiger partial charge < -0.3 is 21.4 Å². The maximum Gasteiger partial charge on any atom is 0.247 e. The lowest BCUT2D eigenvalue weighted by Crippen LogP contribution is -2.57. The predicted octanol–water partition coefficient (Wildman–Crippen LogP) is 0.953. The third kappa shape index (κ3) is 2.69. The summed E-state index contributed by atoms with van der Waals surface area (Å²) in [7, 11) is 0. The molecule has 0 spiro atoms. The zero-order chi connectivity index (χ0) is 15.5. The summed E-state index contributed by atoms with van der Waals surface area (Å²) in [5.41, 5.74) is 7.20. The Labute approximate surface area is 128 Å². The van der Waals surface area contributed by atoms with Crippen LogP contribution in [0.5, 0.6) is 0 Å². The SMILES string of the molecule is NCCCC[C@@H]1NC(=O)[C@@H](c2c[nH]c3ccccc23)NC1=O. The van der Waals surface area contributed by atoms with E-state index in [9.17, 15) is 9.59 Å². The van der Waals surface area contributed by atoms with Crippen molar-refractivity contribution in [3.8, 4) is 0 Å². The maximum absolute atomic E-state index is 12.4. The number of nitrogens with two attached hydrogens (primary N) is 1.